The maximum atomic E-state index is 11.0. The molecule has 0 spiro atoms. The van der Waals surface area contributed by atoms with E-state index in [0.717, 1.165) is 0 Å². The van der Waals surface area contributed by atoms with Crippen LogP contribution in [-0.4, -0.2) is 24.2 Å². The molecule has 0 saturated carbocycles. The number of esters is 2. The van der Waals surface area contributed by atoms with Crippen LogP contribution < -0.4 is 4.74 Å². The van der Waals surface area contributed by atoms with E-state index in [1.54, 1.807) is 24.3 Å². The van der Waals surface area contributed by atoms with Crippen LogP contribution in [0.2, 0.25) is 0 Å². The molecule has 0 aliphatic heterocycles. The van der Waals surface area contributed by atoms with Gasteiger partial charge in [-0.05, 0) is 17.7 Å². The summed E-state index contributed by atoms with van der Waals surface area (Å²) in [5, 5.41) is 9.69. The van der Waals surface area contributed by atoms with E-state index in [0.29, 0.717) is 11.3 Å². The summed E-state index contributed by atoms with van der Waals surface area (Å²) in [6.45, 7) is 1.31. The number of ether oxygens (including phenoxy) is 2. The van der Waals surface area contributed by atoms with Crippen molar-refractivity contribution in [1.82, 2.24) is 0 Å². The zero-order valence-corrected chi connectivity index (χ0v) is 9.67. The average Bonchev–Trinajstić information content (AvgIpc) is 2.28. The third-order valence-corrected chi connectivity index (χ3v) is 2.11. The van der Waals surface area contributed by atoms with E-state index in [1.807, 2.05) is 0 Å². The molecule has 1 N–H and O–H groups in total. The molecule has 0 radical (unpaired) electrons. The van der Waals surface area contributed by atoms with Gasteiger partial charge in [0.1, 0.15) is 5.75 Å². The number of rotatable bonds is 4. The van der Waals surface area contributed by atoms with Crippen molar-refractivity contribution in [2.75, 3.05) is 7.11 Å². The standard InChI is InChI=1S/C12H14O5/c1-8(13)17-10-5-3-9(4-6-10)11(14)7-12(15)16-2/h3-6,11,14H,7H2,1-2H3. The maximum Gasteiger partial charge on any atom is 0.308 e. The van der Waals surface area contributed by atoms with Crippen LogP contribution in [0.1, 0.15) is 25.0 Å². The molecule has 0 heterocycles. The minimum atomic E-state index is -0.922. The number of aliphatic hydroxyl groups is 1. The molecule has 0 bridgehead atoms. The predicted octanol–water partition coefficient (Wildman–Crippen LogP) is 1.21. The molecule has 1 unspecified atom stereocenters. The molecule has 1 rings (SSSR count). The van der Waals surface area contributed by atoms with Crippen LogP contribution in [0, 0.1) is 0 Å². The van der Waals surface area contributed by atoms with Crippen molar-refractivity contribution in [3.8, 4) is 5.75 Å². The Hall–Kier alpha value is -1.88. The minimum absolute atomic E-state index is 0.108. The second-order valence-corrected chi connectivity index (χ2v) is 3.46. The number of carbonyl (C=O) groups is 2. The van der Waals surface area contributed by atoms with Gasteiger partial charge < -0.3 is 14.6 Å². The zero-order chi connectivity index (χ0) is 12.8. The summed E-state index contributed by atoms with van der Waals surface area (Å²) in [5.41, 5.74) is 0.561. The van der Waals surface area contributed by atoms with Gasteiger partial charge in [0.25, 0.3) is 0 Å². The fourth-order valence-electron chi connectivity index (χ4n) is 1.28. The average molecular weight is 238 g/mol. The summed E-state index contributed by atoms with van der Waals surface area (Å²) in [6.07, 6.45) is -1.03. The molecule has 0 aromatic heterocycles. The summed E-state index contributed by atoms with van der Waals surface area (Å²) in [4.78, 5) is 21.6. The lowest BCUT2D eigenvalue weighted by atomic mass is 10.1. The van der Waals surface area contributed by atoms with Crippen molar-refractivity contribution < 1.29 is 24.2 Å². The molecule has 1 aromatic rings. The quantitative estimate of drug-likeness (QED) is 0.630. The Balaban J connectivity index is 2.66. The number of hydrogen-bond acceptors (Lipinski definition) is 5. The predicted molar refractivity (Wildman–Crippen MR) is 59.3 cm³/mol. The number of hydrogen-bond donors (Lipinski definition) is 1. The van der Waals surface area contributed by atoms with E-state index >= 15 is 0 Å². The first-order valence-corrected chi connectivity index (χ1v) is 5.06. The molecule has 17 heavy (non-hydrogen) atoms. The topological polar surface area (TPSA) is 72.8 Å². The van der Waals surface area contributed by atoms with Gasteiger partial charge in [-0.25, -0.2) is 0 Å². The van der Waals surface area contributed by atoms with E-state index in [-0.39, 0.29) is 6.42 Å². The smallest absolute Gasteiger partial charge is 0.308 e. The Morgan fingerprint density at radius 2 is 1.88 bits per heavy atom. The van der Waals surface area contributed by atoms with E-state index in [2.05, 4.69) is 4.74 Å². The highest BCUT2D eigenvalue weighted by Crippen LogP contribution is 2.20. The van der Waals surface area contributed by atoms with Gasteiger partial charge >= 0.3 is 11.9 Å². The fraction of sp³-hybridized carbons (Fsp3) is 0.333. The van der Waals surface area contributed by atoms with Crippen molar-refractivity contribution in [2.45, 2.75) is 19.4 Å². The molecule has 0 amide bonds. The fourth-order valence-corrected chi connectivity index (χ4v) is 1.28. The molecule has 5 nitrogen and oxygen atoms in total. The first-order chi connectivity index (χ1) is 8.02. The summed E-state index contributed by atoms with van der Waals surface area (Å²) in [7, 11) is 1.26. The first kappa shape index (κ1) is 13.2. The van der Waals surface area contributed by atoms with Crippen molar-refractivity contribution in [1.29, 1.82) is 0 Å². The summed E-state index contributed by atoms with van der Waals surface area (Å²) in [6, 6.07) is 6.28. The minimum Gasteiger partial charge on any atom is -0.469 e. The van der Waals surface area contributed by atoms with Crippen LogP contribution >= 0.6 is 0 Å². The summed E-state index contributed by atoms with van der Waals surface area (Å²) >= 11 is 0. The molecular weight excluding hydrogens is 224 g/mol. The van der Waals surface area contributed by atoms with Crippen molar-refractivity contribution in [3.05, 3.63) is 29.8 Å². The zero-order valence-electron chi connectivity index (χ0n) is 9.67. The van der Waals surface area contributed by atoms with Gasteiger partial charge in [-0.1, -0.05) is 12.1 Å². The van der Waals surface area contributed by atoms with E-state index in [4.69, 9.17) is 4.74 Å². The highest BCUT2D eigenvalue weighted by molar-refractivity contribution is 5.70. The van der Waals surface area contributed by atoms with E-state index in [1.165, 1.54) is 14.0 Å². The molecule has 0 saturated heterocycles. The van der Waals surface area contributed by atoms with E-state index < -0.39 is 18.0 Å². The number of benzene rings is 1. The number of aliphatic hydroxyl groups excluding tert-OH is 1. The Bertz CT molecular complexity index is 396. The highest BCUT2D eigenvalue weighted by atomic mass is 16.5. The van der Waals surface area contributed by atoms with Crippen LogP contribution in [0.5, 0.6) is 5.75 Å². The van der Waals surface area contributed by atoms with Gasteiger partial charge in [0.2, 0.25) is 0 Å². The van der Waals surface area contributed by atoms with Crippen LogP contribution in [0.15, 0.2) is 24.3 Å². The number of carbonyl (C=O) groups excluding carboxylic acids is 2. The monoisotopic (exact) mass is 238 g/mol. The van der Waals surface area contributed by atoms with Gasteiger partial charge in [-0.2, -0.15) is 0 Å². The second-order valence-electron chi connectivity index (χ2n) is 3.46. The molecule has 5 heteroatoms. The van der Waals surface area contributed by atoms with Crippen LogP contribution in [0.25, 0.3) is 0 Å². The van der Waals surface area contributed by atoms with E-state index in [9.17, 15) is 14.7 Å². The molecular formula is C12H14O5. The second kappa shape index (κ2) is 6.00. The largest absolute Gasteiger partial charge is 0.469 e. The first-order valence-electron chi connectivity index (χ1n) is 5.06. The maximum absolute atomic E-state index is 11.0. The Kier molecular flexibility index (Phi) is 4.66. The van der Waals surface area contributed by atoms with Crippen LogP contribution in [-0.2, 0) is 14.3 Å². The number of methoxy groups -OCH3 is 1. The lowest BCUT2D eigenvalue weighted by molar-refractivity contribution is -0.143. The Labute approximate surface area is 99.0 Å². The molecule has 92 valence electrons. The lowest BCUT2D eigenvalue weighted by Crippen LogP contribution is -2.08. The normalized spacial score (nSPS) is 11.7. The molecule has 0 fully saturated rings. The van der Waals surface area contributed by atoms with Gasteiger partial charge in [-0.15, -0.1) is 0 Å². The van der Waals surface area contributed by atoms with Crippen molar-refractivity contribution in [3.63, 3.8) is 0 Å². The Morgan fingerprint density at radius 3 is 2.35 bits per heavy atom. The summed E-state index contributed by atoms with van der Waals surface area (Å²) < 4.78 is 9.29. The third-order valence-electron chi connectivity index (χ3n) is 2.11. The van der Waals surface area contributed by atoms with Gasteiger partial charge in [0, 0.05) is 6.92 Å². The highest BCUT2D eigenvalue weighted by Gasteiger charge is 2.13. The van der Waals surface area contributed by atoms with Gasteiger partial charge in [-0.3, -0.25) is 9.59 Å². The van der Waals surface area contributed by atoms with Gasteiger partial charge in [0.05, 0.1) is 19.6 Å². The molecule has 1 aromatic carbocycles. The van der Waals surface area contributed by atoms with Crippen molar-refractivity contribution >= 4 is 11.9 Å². The molecule has 0 aliphatic rings. The lowest BCUT2D eigenvalue weighted by Gasteiger charge is -2.10. The summed E-state index contributed by atoms with van der Waals surface area (Å²) in [5.74, 6) is -0.499. The Morgan fingerprint density at radius 1 is 1.29 bits per heavy atom. The van der Waals surface area contributed by atoms with Crippen LogP contribution in [0.3, 0.4) is 0 Å². The van der Waals surface area contributed by atoms with Gasteiger partial charge in [0.15, 0.2) is 0 Å². The third kappa shape index (κ3) is 4.24. The molecule has 0 aliphatic carbocycles. The van der Waals surface area contributed by atoms with Crippen molar-refractivity contribution in [2.24, 2.45) is 0 Å². The molecule has 1 atom stereocenters. The van der Waals surface area contributed by atoms with Crippen LogP contribution in [0.4, 0.5) is 0 Å². The SMILES string of the molecule is COC(=O)CC(O)c1ccc(OC(C)=O)cc1.